The Labute approximate surface area is 442 Å². The number of carbonyl (C=O) groups is 1. The summed E-state index contributed by atoms with van der Waals surface area (Å²) >= 11 is 0. The van der Waals surface area contributed by atoms with Gasteiger partial charge in [-0.3, -0.25) is 4.79 Å². The van der Waals surface area contributed by atoms with E-state index in [1.54, 1.807) is 0 Å². The fraction of sp³-hybridized carbons (Fsp3) is 0.943. The molecule has 0 radical (unpaired) electrons. The van der Waals surface area contributed by atoms with E-state index in [2.05, 4.69) is 47.6 Å². The van der Waals surface area contributed by atoms with Crippen molar-refractivity contribution in [1.29, 1.82) is 0 Å². The minimum atomic E-state index is -1.89. The molecule has 0 aromatic carbocycles. The van der Waals surface area contributed by atoms with Crippen LogP contribution in [0.3, 0.4) is 0 Å². The van der Waals surface area contributed by atoms with Crippen molar-refractivity contribution < 1.29 is 114 Å². The lowest BCUT2D eigenvalue weighted by Gasteiger charge is -2.71. The Morgan fingerprint density at radius 2 is 1.11 bits per heavy atom. The van der Waals surface area contributed by atoms with Crippen LogP contribution in [0.1, 0.15) is 106 Å². The van der Waals surface area contributed by atoms with Gasteiger partial charge in [0.1, 0.15) is 91.6 Å². The first-order chi connectivity index (χ1) is 35.7. The summed E-state index contributed by atoms with van der Waals surface area (Å²) in [6.07, 6.45) is -23.5. The maximum atomic E-state index is 14.8. The molecule has 0 bridgehead atoms. The lowest BCUT2D eigenvalue weighted by atomic mass is 9.33. The molecule has 0 spiro atoms. The van der Waals surface area contributed by atoms with Crippen molar-refractivity contribution in [3.63, 3.8) is 0 Å². The molecule has 8 fully saturated rings. The molecule has 4 saturated heterocycles. The Balaban J connectivity index is 0.988. The molecule has 5 aliphatic carbocycles. The highest BCUT2D eigenvalue weighted by Crippen LogP contribution is 2.76. The van der Waals surface area contributed by atoms with Crippen LogP contribution in [0.5, 0.6) is 0 Å². The SMILES string of the molecule is CC1(C)CC[C@]2(C(=O)O[C@@H]3O[C@H](CO)[C@@H](O)[C@H](O)[C@H]3O)CC[C@]3(CO)C(=CC[C@@H]4[C@@]5(C)CC[C@H](O[C@@H]6OC[C@H](O)[C@H](O[C@@H]7O[C@H](CO)[C@@H](O)[C@H](O)[C@H]7O)[C@H]6O[C@@H]6O[C@H](CO)[C@@H](O)[C@H](O)[C@H]6O)C(C)(C)[C@@H]5CC[C@]43C)[C@@H]2C1. The minimum Gasteiger partial charge on any atom is -0.432 e. The van der Waals surface area contributed by atoms with Crippen molar-refractivity contribution in [3.05, 3.63) is 11.6 Å². The van der Waals surface area contributed by atoms with Crippen LogP contribution in [0.2, 0.25) is 0 Å². The van der Waals surface area contributed by atoms with Crippen LogP contribution < -0.4 is 0 Å². The Kier molecular flexibility index (Phi) is 16.8. The van der Waals surface area contributed by atoms with Gasteiger partial charge in [0.15, 0.2) is 18.9 Å². The normalized spacial score (nSPS) is 53.0. The van der Waals surface area contributed by atoms with E-state index in [1.807, 2.05) is 0 Å². The number of aliphatic hydroxyl groups is 14. The molecular weight excluding hydrogens is 1000 g/mol. The summed E-state index contributed by atoms with van der Waals surface area (Å²) in [6.45, 7) is 10.5. The van der Waals surface area contributed by atoms with Gasteiger partial charge in [-0.05, 0) is 104 Å². The van der Waals surface area contributed by atoms with Crippen LogP contribution in [-0.2, 0) is 42.7 Å². The van der Waals surface area contributed by atoms with Gasteiger partial charge >= 0.3 is 5.97 Å². The quantitative estimate of drug-likeness (QED) is 0.0549. The third-order valence-electron chi connectivity index (χ3n) is 21.0. The summed E-state index contributed by atoms with van der Waals surface area (Å²) in [5, 5.41) is 150. The average Bonchev–Trinajstić information content (AvgIpc) is 3.57. The number of hydrogen-bond acceptors (Lipinski definition) is 23. The number of hydrogen-bond donors (Lipinski definition) is 14. The van der Waals surface area contributed by atoms with E-state index in [9.17, 15) is 76.3 Å². The predicted octanol–water partition coefficient (Wildman–Crippen LogP) is -2.42. The molecule has 23 nitrogen and oxygen atoms in total. The predicted molar refractivity (Wildman–Crippen MR) is 258 cm³/mol. The molecule has 0 amide bonds. The summed E-state index contributed by atoms with van der Waals surface area (Å²) in [5.74, 6) is -0.844. The highest BCUT2D eigenvalue weighted by Gasteiger charge is 2.71. The first-order valence-electron chi connectivity index (χ1n) is 27.4. The largest absolute Gasteiger partial charge is 0.432 e. The van der Waals surface area contributed by atoms with Gasteiger partial charge in [-0.15, -0.1) is 0 Å². The average molecular weight is 1090 g/mol. The lowest BCUT2D eigenvalue weighted by molar-refractivity contribution is -0.389. The molecule has 9 rings (SSSR count). The summed E-state index contributed by atoms with van der Waals surface area (Å²) in [5.41, 5.74) is -2.26. The molecule has 436 valence electrons. The number of carbonyl (C=O) groups excluding carboxylic acids is 1. The fourth-order valence-corrected chi connectivity index (χ4v) is 16.4. The smallest absolute Gasteiger partial charge is 0.315 e. The zero-order chi connectivity index (χ0) is 55.4. The highest BCUT2D eigenvalue weighted by atomic mass is 16.8. The number of allylic oxidation sites excluding steroid dienone is 1. The standard InChI is InChI=1S/C53H86O23/c1-48(2)13-14-52(47(68)76-45-40(67)37(64)34(61)28(20-56)72-45)15-16-53(22-57)23(24(52)17-48)7-8-30-50(5)11-10-31(49(3,4)29(50)9-12-51(30,53)6)73-46-42(75-44-39(66)36(63)33(60)27(19-55)71-44)41(25(58)21-69-46)74-43-38(65)35(62)32(59)26(18-54)70-43/h7,24-46,54-67H,8-22H2,1-6H3/t24-,25-,26+,27+,28+,29-,30+,31-,32+,33+,34+,35-,36-,37-,38+,39+,40+,41-,42+,43-,44-,45-,46-,50-,51+,52-,53-/m0/s1. The molecule has 4 saturated carbocycles. The molecule has 76 heavy (non-hydrogen) atoms. The molecule has 23 heteroatoms. The minimum absolute atomic E-state index is 0.0208. The Hall–Kier alpha value is -1.63. The monoisotopic (exact) mass is 1090 g/mol. The number of aliphatic hydroxyl groups excluding tert-OH is 14. The van der Waals surface area contributed by atoms with Crippen LogP contribution in [-0.4, -0.2) is 233 Å². The maximum Gasteiger partial charge on any atom is 0.315 e. The van der Waals surface area contributed by atoms with Crippen LogP contribution >= 0.6 is 0 Å². The van der Waals surface area contributed by atoms with Crippen LogP contribution in [0.15, 0.2) is 11.6 Å². The molecule has 9 aliphatic rings. The van der Waals surface area contributed by atoms with Crippen molar-refractivity contribution in [2.75, 3.05) is 33.0 Å². The van der Waals surface area contributed by atoms with Crippen LogP contribution in [0.4, 0.5) is 0 Å². The van der Waals surface area contributed by atoms with Crippen LogP contribution in [0.25, 0.3) is 0 Å². The van der Waals surface area contributed by atoms with E-state index in [4.69, 9.17) is 37.9 Å². The molecule has 0 aromatic heterocycles. The second-order valence-electron chi connectivity index (χ2n) is 25.7. The zero-order valence-corrected chi connectivity index (χ0v) is 44.4. The fourth-order valence-electron chi connectivity index (χ4n) is 16.4. The van der Waals surface area contributed by atoms with E-state index < -0.39 is 177 Å². The topological polar surface area (TPSA) is 374 Å². The van der Waals surface area contributed by atoms with Gasteiger partial charge in [0.25, 0.3) is 0 Å². The summed E-state index contributed by atoms with van der Waals surface area (Å²) < 4.78 is 48.6. The molecular formula is C53H86O23. The molecule has 14 N–H and O–H groups in total. The van der Waals surface area contributed by atoms with E-state index >= 15 is 0 Å². The van der Waals surface area contributed by atoms with Crippen molar-refractivity contribution in [2.45, 2.75) is 229 Å². The van der Waals surface area contributed by atoms with Gasteiger partial charge in [0, 0.05) is 5.41 Å². The van der Waals surface area contributed by atoms with Crippen molar-refractivity contribution in [1.82, 2.24) is 0 Å². The molecule has 4 aliphatic heterocycles. The van der Waals surface area contributed by atoms with Gasteiger partial charge in [0.2, 0.25) is 6.29 Å². The third-order valence-corrected chi connectivity index (χ3v) is 21.0. The van der Waals surface area contributed by atoms with E-state index in [0.29, 0.717) is 57.8 Å². The molecule has 4 heterocycles. The lowest BCUT2D eigenvalue weighted by Crippen LogP contribution is -2.68. The second kappa shape index (κ2) is 21.6. The summed E-state index contributed by atoms with van der Waals surface area (Å²) in [7, 11) is 0. The van der Waals surface area contributed by atoms with E-state index in [-0.39, 0.29) is 35.2 Å². The Bertz CT molecular complexity index is 2070. The van der Waals surface area contributed by atoms with Crippen molar-refractivity contribution >= 4 is 5.97 Å². The Morgan fingerprint density at radius 1 is 0.579 bits per heavy atom. The first kappa shape index (κ1) is 59.0. The number of rotatable bonds is 12. The van der Waals surface area contributed by atoms with Gasteiger partial charge in [-0.1, -0.05) is 53.2 Å². The van der Waals surface area contributed by atoms with Gasteiger partial charge in [0.05, 0.1) is 44.6 Å². The molecule has 27 atom stereocenters. The second-order valence-corrected chi connectivity index (χ2v) is 25.7. The summed E-state index contributed by atoms with van der Waals surface area (Å²) in [4.78, 5) is 14.8. The maximum absolute atomic E-state index is 14.8. The Morgan fingerprint density at radius 3 is 1.66 bits per heavy atom. The van der Waals surface area contributed by atoms with Crippen molar-refractivity contribution in [3.8, 4) is 0 Å². The van der Waals surface area contributed by atoms with E-state index in [1.165, 1.54) is 0 Å². The first-order valence-corrected chi connectivity index (χ1v) is 27.4. The van der Waals surface area contributed by atoms with Gasteiger partial charge < -0.3 is 109 Å². The zero-order valence-electron chi connectivity index (χ0n) is 44.4. The van der Waals surface area contributed by atoms with Crippen molar-refractivity contribution in [2.24, 2.45) is 50.2 Å². The van der Waals surface area contributed by atoms with Gasteiger partial charge in [-0.2, -0.15) is 0 Å². The number of fused-ring (bicyclic) bond motifs is 7. The van der Waals surface area contributed by atoms with Crippen LogP contribution in [0, 0.1) is 50.2 Å². The number of ether oxygens (including phenoxy) is 8. The number of esters is 1. The summed E-state index contributed by atoms with van der Waals surface area (Å²) in [6, 6.07) is 0. The van der Waals surface area contributed by atoms with E-state index in [0.717, 1.165) is 12.0 Å². The molecule has 0 aromatic rings. The highest BCUT2D eigenvalue weighted by molar-refractivity contribution is 5.79. The third kappa shape index (κ3) is 9.46. The van der Waals surface area contributed by atoms with Gasteiger partial charge in [-0.25, -0.2) is 0 Å². The molecule has 0 unspecified atom stereocenters.